The molecule has 37 heavy (non-hydrogen) atoms. The van der Waals surface area contributed by atoms with E-state index in [0.717, 1.165) is 16.0 Å². The lowest BCUT2D eigenvalue weighted by Gasteiger charge is -2.35. The van der Waals surface area contributed by atoms with Crippen molar-refractivity contribution < 1.29 is 19.3 Å². The first-order valence-corrected chi connectivity index (χ1v) is 12.0. The van der Waals surface area contributed by atoms with Gasteiger partial charge in [0.05, 0.1) is 39.2 Å². The Kier molecular flexibility index (Phi) is 5.31. The van der Waals surface area contributed by atoms with Crippen LogP contribution in [0.5, 0.6) is 0 Å². The molecular weight excluding hydrogens is 496 g/mol. The zero-order chi connectivity index (χ0) is 25.8. The van der Waals surface area contributed by atoms with E-state index in [-0.39, 0.29) is 22.3 Å². The number of hydrogen-bond donors (Lipinski definition) is 1. The zero-order valence-corrected chi connectivity index (χ0v) is 19.9. The molecule has 10 heteroatoms. The lowest BCUT2D eigenvalue weighted by atomic mass is 9.84. The third kappa shape index (κ3) is 3.50. The van der Waals surface area contributed by atoms with Gasteiger partial charge in [-0.05, 0) is 35.4 Å². The number of rotatable bonds is 4. The summed E-state index contributed by atoms with van der Waals surface area (Å²) in [6.07, 6.45) is 3.58. The van der Waals surface area contributed by atoms with E-state index in [1.54, 1.807) is 41.4 Å². The molecule has 2 saturated heterocycles. The van der Waals surface area contributed by atoms with Gasteiger partial charge in [0.25, 0.3) is 5.69 Å². The number of imide groups is 1. The molecule has 0 bridgehead atoms. The normalized spacial score (nSPS) is 23.5. The van der Waals surface area contributed by atoms with Gasteiger partial charge in [-0.25, -0.2) is 4.90 Å². The van der Waals surface area contributed by atoms with Crippen LogP contribution in [0.1, 0.15) is 17.2 Å². The van der Waals surface area contributed by atoms with Crippen molar-refractivity contribution >= 4 is 52.5 Å². The summed E-state index contributed by atoms with van der Waals surface area (Å²) in [7, 11) is 0. The maximum atomic E-state index is 13.8. The predicted molar refractivity (Wildman–Crippen MR) is 136 cm³/mol. The van der Waals surface area contributed by atoms with Crippen LogP contribution in [0.25, 0.3) is 6.08 Å². The average molecular weight is 515 g/mol. The second-order valence-electron chi connectivity index (χ2n) is 9.09. The van der Waals surface area contributed by atoms with Crippen LogP contribution in [0, 0.1) is 22.0 Å². The molecule has 3 aliphatic rings. The summed E-state index contributed by atoms with van der Waals surface area (Å²) in [5.74, 6) is -3.18. The number of benzene rings is 3. The molecule has 0 aromatic heterocycles. The van der Waals surface area contributed by atoms with E-state index in [9.17, 15) is 24.5 Å². The molecule has 9 nitrogen and oxygen atoms in total. The molecule has 3 heterocycles. The Bertz CT molecular complexity index is 1510. The molecule has 184 valence electrons. The van der Waals surface area contributed by atoms with Crippen molar-refractivity contribution in [3.8, 4) is 0 Å². The number of nitro benzene ring substituents is 1. The first-order valence-electron chi connectivity index (χ1n) is 11.6. The van der Waals surface area contributed by atoms with Gasteiger partial charge in [0.1, 0.15) is 6.04 Å². The summed E-state index contributed by atoms with van der Waals surface area (Å²) in [5.41, 5.74) is 2.01. The highest BCUT2D eigenvalue weighted by Crippen LogP contribution is 2.53. The summed E-state index contributed by atoms with van der Waals surface area (Å²) in [6.45, 7) is 0. The maximum absolute atomic E-state index is 13.8. The molecule has 3 aromatic rings. The first-order chi connectivity index (χ1) is 17.9. The molecule has 0 saturated carbocycles. The number of carbonyl (C=O) groups excluding carboxylic acids is 3. The van der Waals surface area contributed by atoms with Crippen LogP contribution in [0.4, 0.5) is 17.1 Å². The number of hydrogen-bond acceptors (Lipinski definition) is 6. The summed E-state index contributed by atoms with van der Waals surface area (Å²) in [6, 6.07) is 18.4. The third-order valence-electron chi connectivity index (χ3n) is 7.16. The number of nitrogens with one attached hydrogen (secondary N) is 1. The van der Waals surface area contributed by atoms with Crippen LogP contribution >= 0.6 is 11.6 Å². The summed E-state index contributed by atoms with van der Waals surface area (Å²) in [5, 5.41) is 14.0. The number of fused-ring (bicyclic) bond motifs is 5. The fraction of sp³-hybridized carbons (Fsp3) is 0.148. The number of amides is 3. The van der Waals surface area contributed by atoms with E-state index in [2.05, 4.69) is 5.32 Å². The van der Waals surface area contributed by atoms with Gasteiger partial charge in [-0.15, -0.1) is 0 Å². The van der Waals surface area contributed by atoms with Crippen molar-refractivity contribution in [3.63, 3.8) is 0 Å². The smallest absolute Gasteiger partial charge is 0.271 e. The Balaban J connectivity index is 1.44. The van der Waals surface area contributed by atoms with Crippen LogP contribution in [-0.2, 0) is 14.4 Å². The van der Waals surface area contributed by atoms with Crippen LogP contribution in [0.2, 0.25) is 5.02 Å². The minimum absolute atomic E-state index is 0.0546. The van der Waals surface area contributed by atoms with Crippen LogP contribution in [0.3, 0.4) is 0 Å². The van der Waals surface area contributed by atoms with Crippen molar-refractivity contribution in [1.82, 2.24) is 4.90 Å². The van der Waals surface area contributed by atoms with Gasteiger partial charge in [-0.3, -0.25) is 24.5 Å². The number of para-hydroxylation sites is 1. The number of nitrogens with zero attached hydrogens (tertiary/aromatic N) is 3. The number of carbonyl (C=O) groups is 3. The lowest BCUT2D eigenvalue weighted by molar-refractivity contribution is -0.384. The Morgan fingerprint density at radius 1 is 0.946 bits per heavy atom. The van der Waals surface area contributed by atoms with Gasteiger partial charge in [-0.2, -0.15) is 0 Å². The second-order valence-corrected chi connectivity index (χ2v) is 9.50. The molecule has 3 aromatic carbocycles. The Labute approximate surface area is 216 Å². The highest BCUT2D eigenvalue weighted by molar-refractivity contribution is 6.34. The number of anilines is 2. The van der Waals surface area contributed by atoms with Crippen molar-refractivity contribution in [3.05, 3.63) is 105 Å². The SMILES string of the molecule is O=C(Nc1cc([N+](=O)[O-])ccc1Cl)[C@@H]1[C@@H]2C(=O)N(c3ccccc3)C(=O)[C@@H]2[C@H]2c3ccccc3C=CN12. The van der Waals surface area contributed by atoms with Gasteiger partial charge in [0.2, 0.25) is 17.7 Å². The largest absolute Gasteiger partial charge is 0.357 e. The Morgan fingerprint density at radius 2 is 1.65 bits per heavy atom. The van der Waals surface area contributed by atoms with Crippen molar-refractivity contribution in [2.75, 3.05) is 10.2 Å². The topological polar surface area (TPSA) is 113 Å². The van der Waals surface area contributed by atoms with Crippen LogP contribution in [0.15, 0.2) is 79.0 Å². The fourth-order valence-electron chi connectivity index (χ4n) is 5.62. The molecule has 0 spiro atoms. The molecule has 1 N–H and O–H groups in total. The maximum Gasteiger partial charge on any atom is 0.271 e. The van der Waals surface area contributed by atoms with Crippen molar-refractivity contribution in [1.29, 1.82) is 0 Å². The van der Waals surface area contributed by atoms with Gasteiger partial charge < -0.3 is 10.2 Å². The predicted octanol–water partition coefficient (Wildman–Crippen LogP) is 4.40. The average Bonchev–Trinajstić information content (AvgIpc) is 3.38. The number of non-ortho nitro benzene ring substituents is 1. The summed E-state index contributed by atoms with van der Waals surface area (Å²) in [4.78, 5) is 54.9. The van der Waals surface area contributed by atoms with Gasteiger partial charge in [-0.1, -0.05) is 54.1 Å². The molecule has 0 aliphatic carbocycles. The molecule has 6 rings (SSSR count). The van der Waals surface area contributed by atoms with Crippen LogP contribution in [-0.4, -0.2) is 33.6 Å². The van der Waals surface area contributed by atoms with Gasteiger partial charge in [0.15, 0.2) is 0 Å². The van der Waals surface area contributed by atoms with Crippen molar-refractivity contribution in [2.45, 2.75) is 12.1 Å². The lowest BCUT2D eigenvalue weighted by Crippen LogP contribution is -2.46. The first kappa shape index (κ1) is 22.9. The number of nitro groups is 1. The summed E-state index contributed by atoms with van der Waals surface area (Å²) < 4.78 is 0. The highest BCUT2D eigenvalue weighted by atomic mass is 35.5. The fourth-order valence-corrected chi connectivity index (χ4v) is 5.78. The van der Waals surface area contributed by atoms with Crippen molar-refractivity contribution in [2.24, 2.45) is 11.8 Å². The monoisotopic (exact) mass is 514 g/mol. The minimum Gasteiger partial charge on any atom is -0.357 e. The molecule has 0 radical (unpaired) electrons. The summed E-state index contributed by atoms with van der Waals surface area (Å²) >= 11 is 6.23. The van der Waals surface area contributed by atoms with E-state index in [0.29, 0.717) is 5.69 Å². The third-order valence-corrected chi connectivity index (χ3v) is 7.49. The molecular formula is C27H19ClN4O5. The zero-order valence-electron chi connectivity index (χ0n) is 19.2. The van der Waals surface area contributed by atoms with E-state index in [1.807, 2.05) is 30.3 Å². The highest BCUT2D eigenvalue weighted by Gasteiger charge is 2.64. The van der Waals surface area contributed by atoms with E-state index >= 15 is 0 Å². The standard InChI is InChI=1S/C27H19ClN4O5/c28-19-11-10-17(32(36)37)14-20(19)29-25(33)24-22-21(23-18-9-5-4-6-15(18)12-13-30(23)24)26(34)31(27(22)35)16-7-2-1-3-8-16/h1-14,21-24H,(H,29,33)/t21-,22+,23+,24-/m0/s1. The van der Waals surface area contributed by atoms with Gasteiger partial charge >= 0.3 is 0 Å². The molecule has 2 fully saturated rings. The van der Waals surface area contributed by atoms with E-state index in [4.69, 9.17) is 11.6 Å². The van der Waals surface area contributed by atoms with E-state index in [1.165, 1.54) is 18.2 Å². The molecule has 3 aliphatic heterocycles. The second kappa shape index (κ2) is 8.56. The Morgan fingerprint density at radius 3 is 2.41 bits per heavy atom. The molecule has 3 amide bonds. The van der Waals surface area contributed by atoms with Crippen LogP contribution < -0.4 is 10.2 Å². The Hall–Kier alpha value is -4.50. The molecule has 0 unspecified atom stereocenters. The van der Waals surface area contributed by atoms with E-state index < -0.39 is 40.7 Å². The van der Waals surface area contributed by atoms with Gasteiger partial charge in [0, 0.05) is 18.3 Å². The minimum atomic E-state index is -1.04. The number of halogens is 1. The molecule has 4 atom stereocenters. The quantitative estimate of drug-likeness (QED) is 0.313.